The Balaban J connectivity index is 0.00000220. The van der Waals surface area contributed by atoms with Gasteiger partial charge in [-0.15, -0.1) is 12.4 Å². The molecule has 1 heterocycles. The van der Waals surface area contributed by atoms with Crippen LogP contribution >= 0.6 is 12.4 Å². The molecule has 6 heteroatoms. The molecule has 0 aliphatic rings. The number of halogens is 1. The highest BCUT2D eigenvalue weighted by atomic mass is 35.5. The van der Waals surface area contributed by atoms with Crippen molar-refractivity contribution in [2.45, 2.75) is 6.42 Å². The fraction of sp³-hybridized carbons (Fsp3) is 0.133. The molecular formula is C15H15ClN2O3. The summed E-state index contributed by atoms with van der Waals surface area (Å²) in [5, 5.41) is 8.71. The van der Waals surface area contributed by atoms with E-state index in [-0.39, 0.29) is 24.7 Å². The monoisotopic (exact) mass is 306 g/mol. The Morgan fingerprint density at radius 3 is 2.38 bits per heavy atom. The van der Waals surface area contributed by atoms with Gasteiger partial charge in [0.15, 0.2) is 0 Å². The van der Waals surface area contributed by atoms with E-state index >= 15 is 0 Å². The second kappa shape index (κ2) is 7.40. The van der Waals surface area contributed by atoms with E-state index in [1.165, 1.54) is 11.1 Å². The third-order valence-corrected chi connectivity index (χ3v) is 2.89. The number of nitrogens with zero attached hydrogens (tertiary/aromatic N) is 2. The molecule has 2 rings (SSSR count). The van der Waals surface area contributed by atoms with Gasteiger partial charge in [-0.1, -0.05) is 12.1 Å². The smallest absolute Gasteiger partial charge is 0.307 e. The van der Waals surface area contributed by atoms with Gasteiger partial charge in [0.25, 0.3) is 5.91 Å². The molecule has 2 aromatic rings. The van der Waals surface area contributed by atoms with Crippen molar-refractivity contribution in [3.63, 3.8) is 0 Å². The molecule has 0 bridgehead atoms. The molecule has 0 fully saturated rings. The third kappa shape index (κ3) is 4.29. The molecule has 0 atom stereocenters. The van der Waals surface area contributed by atoms with Crippen molar-refractivity contribution in [2.24, 2.45) is 0 Å². The Morgan fingerprint density at radius 2 is 1.86 bits per heavy atom. The Hall–Kier alpha value is -2.40. The molecule has 0 spiro atoms. The normalized spacial score (nSPS) is 9.57. The minimum atomic E-state index is -0.877. The van der Waals surface area contributed by atoms with Crippen LogP contribution in [-0.4, -0.2) is 29.0 Å². The van der Waals surface area contributed by atoms with Crippen LogP contribution in [0.3, 0.4) is 0 Å². The molecule has 110 valence electrons. The zero-order chi connectivity index (χ0) is 14.5. The number of aliphatic carboxylic acids is 1. The van der Waals surface area contributed by atoms with Crippen molar-refractivity contribution in [3.8, 4) is 0 Å². The molecule has 21 heavy (non-hydrogen) atoms. The summed E-state index contributed by atoms with van der Waals surface area (Å²) in [6.07, 6.45) is 3.09. The van der Waals surface area contributed by atoms with Gasteiger partial charge < -0.3 is 10.0 Å². The molecule has 0 saturated carbocycles. The van der Waals surface area contributed by atoms with E-state index in [2.05, 4.69) is 4.98 Å². The van der Waals surface area contributed by atoms with Crippen molar-refractivity contribution >= 4 is 30.0 Å². The van der Waals surface area contributed by atoms with E-state index in [0.717, 1.165) is 0 Å². The molecule has 0 radical (unpaired) electrons. The second-order valence-electron chi connectivity index (χ2n) is 4.34. The average Bonchev–Trinajstić information content (AvgIpc) is 2.47. The lowest BCUT2D eigenvalue weighted by atomic mass is 10.1. The molecule has 5 nitrogen and oxygen atoms in total. The summed E-state index contributed by atoms with van der Waals surface area (Å²) in [4.78, 5) is 28.2. The number of hydrogen-bond acceptors (Lipinski definition) is 3. The van der Waals surface area contributed by atoms with Crippen LogP contribution in [0.4, 0.5) is 5.69 Å². The SMILES string of the molecule is CN(C(=O)c1cccnc1)c1ccc(CC(=O)O)cc1.Cl. The summed E-state index contributed by atoms with van der Waals surface area (Å²) in [6, 6.07) is 10.3. The highest BCUT2D eigenvalue weighted by molar-refractivity contribution is 6.05. The van der Waals surface area contributed by atoms with Gasteiger partial charge in [-0.2, -0.15) is 0 Å². The second-order valence-corrected chi connectivity index (χ2v) is 4.34. The first-order valence-electron chi connectivity index (χ1n) is 6.07. The summed E-state index contributed by atoms with van der Waals surface area (Å²) >= 11 is 0. The van der Waals surface area contributed by atoms with E-state index < -0.39 is 5.97 Å². The fourth-order valence-electron chi connectivity index (χ4n) is 1.81. The summed E-state index contributed by atoms with van der Waals surface area (Å²) in [6.45, 7) is 0. The highest BCUT2D eigenvalue weighted by Gasteiger charge is 2.13. The molecule has 0 unspecified atom stereocenters. The number of hydrogen-bond donors (Lipinski definition) is 1. The maximum Gasteiger partial charge on any atom is 0.307 e. The van der Waals surface area contributed by atoms with E-state index in [1.54, 1.807) is 49.6 Å². The Bertz CT molecular complexity index is 615. The van der Waals surface area contributed by atoms with E-state index in [9.17, 15) is 9.59 Å². The number of rotatable bonds is 4. The lowest BCUT2D eigenvalue weighted by Crippen LogP contribution is -2.26. The Morgan fingerprint density at radius 1 is 1.19 bits per heavy atom. The van der Waals surface area contributed by atoms with Gasteiger partial charge in [-0.25, -0.2) is 0 Å². The predicted molar refractivity (Wildman–Crippen MR) is 82.0 cm³/mol. The van der Waals surface area contributed by atoms with Crippen LogP contribution < -0.4 is 4.90 Å². The van der Waals surface area contributed by atoms with Crippen LogP contribution in [0.25, 0.3) is 0 Å². The quantitative estimate of drug-likeness (QED) is 0.941. The lowest BCUT2D eigenvalue weighted by Gasteiger charge is -2.17. The van der Waals surface area contributed by atoms with Crippen molar-refractivity contribution in [2.75, 3.05) is 11.9 Å². The van der Waals surface area contributed by atoms with Crippen LogP contribution in [0.15, 0.2) is 48.8 Å². The molecular weight excluding hydrogens is 292 g/mol. The lowest BCUT2D eigenvalue weighted by molar-refractivity contribution is -0.136. The highest BCUT2D eigenvalue weighted by Crippen LogP contribution is 2.16. The first-order chi connectivity index (χ1) is 9.58. The Labute approximate surface area is 128 Å². The summed E-state index contributed by atoms with van der Waals surface area (Å²) < 4.78 is 0. The molecule has 1 N–H and O–H groups in total. The van der Waals surface area contributed by atoms with Gasteiger partial charge in [0.05, 0.1) is 12.0 Å². The number of carbonyl (C=O) groups is 2. The van der Waals surface area contributed by atoms with Crippen molar-refractivity contribution in [3.05, 3.63) is 59.9 Å². The summed E-state index contributed by atoms with van der Waals surface area (Å²) in [5.74, 6) is -1.04. The number of benzene rings is 1. The van der Waals surface area contributed by atoms with Crippen LogP contribution in [0.2, 0.25) is 0 Å². The molecule has 1 aromatic carbocycles. The number of anilines is 1. The van der Waals surface area contributed by atoms with Gasteiger partial charge in [0.1, 0.15) is 0 Å². The number of aromatic nitrogens is 1. The minimum Gasteiger partial charge on any atom is -0.481 e. The van der Waals surface area contributed by atoms with Gasteiger partial charge >= 0.3 is 5.97 Å². The molecule has 0 saturated heterocycles. The zero-order valence-corrected chi connectivity index (χ0v) is 12.2. The number of amides is 1. The van der Waals surface area contributed by atoms with Crippen molar-refractivity contribution < 1.29 is 14.7 Å². The van der Waals surface area contributed by atoms with E-state index in [4.69, 9.17) is 5.11 Å². The molecule has 0 aliphatic heterocycles. The Kier molecular flexibility index (Phi) is 5.87. The first kappa shape index (κ1) is 16.7. The molecule has 1 amide bonds. The maximum absolute atomic E-state index is 12.2. The van der Waals surface area contributed by atoms with Gasteiger partial charge in [0.2, 0.25) is 0 Å². The maximum atomic E-state index is 12.2. The number of carboxylic acids is 1. The third-order valence-electron chi connectivity index (χ3n) is 2.89. The standard InChI is InChI=1S/C15H14N2O3.ClH/c1-17(15(20)12-3-2-8-16-10-12)13-6-4-11(5-7-13)9-14(18)19;/h2-8,10H,9H2,1H3,(H,18,19);1H. The number of pyridine rings is 1. The van der Waals surface area contributed by atoms with Crippen LogP contribution in [0.5, 0.6) is 0 Å². The van der Waals surface area contributed by atoms with Crippen molar-refractivity contribution in [1.29, 1.82) is 0 Å². The van der Waals surface area contributed by atoms with Gasteiger partial charge in [-0.3, -0.25) is 14.6 Å². The molecule has 1 aromatic heterocycles. The van der Waals surface area contributed by atoms with Gasteiger partial charge in [-0.05, 0) is 29.8 Å². The number of carboxylic acid groups (broad SMARTS) is 1. The molecule has 0 aliphatic carbocycles. The minimum absolute atomic E-state index is 0. The predicted octanol–water partition coefficient (Wildman–Crippen LogP) is 2.41. The van der Waals surface area contributed by atoms with Crippen LogP contribution in [0, 0.1) is 0 Å². The average molecular weight is 307 g/mol. The van der Waals surface area contributed by atoms with Gasteiger partial charge in [0, 0.05) is 25.1 Å². The summed E-state index contributed by atoms with van der Waals surface area (Å²) in [5.41, 5.74) is 1.90. The van der Waals surface area contributed by atoms with E-state index in [0.29, 0.717) is 16.8 Å². The largest absolute Gasteiger partial charge is 0.481 e. The number of carbonyl (C=O) groups excluding carboxylic acids is 1. The van der Waals surface area contributed by atoms with Crippen LogP contribution in [-0.2, 0) is 11.2 Å². The topological polar surface area (TPSA) is 70.5 Å². The first-order valence-corrected chi connectivity index (χ1v) is 6.07. The summed E-state index contributed by atoms with van der Waals surface area (Å²) in [7, 11) is 1.67. The van der Waals surface area contributed by atoms with Crippen LogP contribution in [0.1, 0.15) is 15.9 Å². The van der Waals surface area contributed by atoms with Crippen molar-refractivity contribution in [1.82, 2.24) is 4.98 Å². The van der Waals surface area contributed by atoms with E-state index in [1.807, 2.05) is 0 Å². The zero-order valence-electron chi connectivity index (χ0n) is 11.4. The fourth-order valence-corrected chi connectivity index (χ4v) is 1.81.